The average molecular weight is 271 g/mol. The largest absolute Gasteiger partial charge is 0.294 e. The van der Waals surface area contributed by atoms with Crippen LogP contribution < -0.4 is 0 Å². The number of hydrogen-bond donors (Lipinski definition) is 0. The number of Topliss-reactive ketones (excluding diaryl/α,β-unsaturated/α-hetero) is 1. The molecule has 2 aromatic carbocycles. The second-order valence-electron chi connectivity index (χ2n) is 4.21. The summed E-state index contributed by atoms with van der Waals surface area (Å²) in [6, 6.07) is 9.95. The highest BCUT2D eigenvalue weighted by atomic mass is 32.1. The number of halogens is 1. The first-order valence-electron chi connectivity index (χ1n) is 5.83. The summed E-state index contributed by atoms with van der Waals surface area (Å²) in [5, 5.41) is 1.15. The fourth-order valence-corrected chi connectivity index (χ4v) is 2.68. The number of hydrogen-bond acceptors (Lipinski definition) is 3. The number of nitrogens with zero attached hydrogens (tertiary/aromatic N) is 1. The zero-order valence-corrected chi connectivity index (χ0v) is 10.8. The van der Waals surface area contributed by atoms with Crippen LogP contribution in [0.15, 0.2) is 48.1 Å². The van der Waals surface area contributed by atoms with Crippen LogP contribution in [0, 0.1) is 5.82 Å². The van der Waals surface area contributed by atoms with Crippen LogP contribution >= 0.6 is 11.3 Å². The second kappa shape index (κ2) is 4.90. The molecule has 0 fully saturated rings. The third-order valence-electron chi connectivity index (χ3n) is 2.99. The molecule has 3 aromatic rings. The first-order valence-corrected chi connectivity index (χ1v) is 6.71. The monoisotopic (exact) mass is 271 g/mol. The third-order valence-corrected chi connectivity index (χ3v) is 3.77. The van der Waals surface area contributed by atoms with Gasteiger partial charge in [0.05, 0.1) is 5.51 Å². The van der Waals surface area contributed by atoms with Crippen molar-refractivity contribution >= 4 is 27.9 Å². The molecule has 94 valence electrons. The maximum absolute atomic E-state index is 13.7. The Morgan fingerprint density at radius 1 is 1.16 bits per heavy atom. The highest BCUT2D eigenvalue weighted by Gasteiger charge is 2.13. The molecule has 0 atom stereocenters. The molecule has 0 spiro atoms. The Morgan fingerprint density at radius 2 is 1.95 bits per heavy atom. The Labute approximate surface area is 113 Å². The molecule has 0 aliphatic carbocycles. The van der Waals surface area contributed by atoms with Gasteiger partial charge in [-0.3, -0.25) is 9.78 Å². The summed E-state index contributed by atoms with van der Waals surface area (Å²) in [5.74, 6) is -0.314. The van der Waals surface area contributed by atoms with Gasteiger partial charge < -0.3 is 0 Å². The van der Waals surface area contributed by atoms with E-state index in [1.165, 1.54) is 17.4 Å². The molecule has 0 aliphatic heterocycles. The number of aromatic nitrogens is 1. The molecule has 2 nitrogen and oxygen atoms in total. The van der Waals surface area contributed by atoms with Gasteiger partial charge in [0, 0.05) is 28.4 Å². The summed E-state index contributed by atoms with van der Waals surface area (Å²) in [5.41, 5.74) is 2.26. The van der Waals surface area contributed by atoms with Crippen molar-refractivity contribution in [1.29, 1.82) is 0 Å². The standard InChI is InChI=1S/C15H10FNOS/c16-14-6-5-13(11-3-1-2-4-12(11)14)15(18)7-10-8-17-9-19-10/h1-6,8-9H,7H2. The SMILES string of the molecule is O=C(Cc1cncs1)c1ccc(F)c2ccccc12. The molecule has 1 aromatic heterocycles. The van der Waals surface area contributed by atoms with E-state index in [1.54, 1.807) is 36.0 Å². The van der Waals surface area contributed by atoms with Crippen LogP contribution in [-0.2, 0) is 6.42 Å². The molecule has 0 N–H and O–H groups in total. The quantitative estimate of drug-likeness (QED) is 0.677. The van der Waals surface area contributed by atoms with Gasteiger partial charge in [0.1, 0.15) is 5.82 Å². The third kappa shape index (κ3) is 2.27. The van der Waals surface area contributed by atoms with E-state index >= 15 is 0 Å². The number of benzene rings is 2. The number of carbonyl (C=O) groups is 1. The molecular formula is C15H10FNOS. The van der Waals surface area contributed by atoms with Crippen LogP contribution in [0.3, 0.4) is 0 Å². The summed E-state index contributed by atoms with van der Waals surface area (Å²) in [6.45, 7) is 0. The lowest BCUT2D eigenvalue weighted by molar-refractivity contribution is 0.0995. The number of ketones is 1. The summed E-state index contributed by atoms with van der Waals surface area (Å²) >= 11 is 1.45. The van der Waals surface area contributed by atoms with Gasteiger partial charge in [0.2, 0.25) is 0 Å². The Kier molecular flexibility index (Phi) is 3.09. The summed E-state index contributed by atoms with van der Waals surface area (Å²) < 4.78 is 13.7. The summed E-state index contributed by atoms with van der Waals surface area (Å²) in [7, 11) is 0. The number of carbonyl (C=O) groups excluding carboxylic acids is 1. The van der Waals surface area contributed by atoms with E-state index in [2.05, 4.69) is 4.98 Å². The van der Waals surface area contributed by atoms with E-state index in [0.717, 1.165) is 4.88 Å². The molecule has 0 saturated heterocycles. The van der Waals surface area contributed by atoms with Crippen molar-refractivity contribution in [3.05, 3.63) is 64.4 Å². The molecule has 4 heteroatoms. The minimum atomic E-state index is -0.301. The molecule has 0 radical (unpaired) electrons. The fourth-order valence-electron chi connectivity index (χ4n) is 2.09. The van der Waals surface area contributed by atoms with E-state index in [1.807, 2.05) is 6.07 Å². The number of fused-ring (bicyclic) bond motifs is 1. The lowest BCUT2D eigenvalue weighted by atomic mass is 9.99. The molecule has 0 aliphatic rings. The van der Waals surface area contributed by atoms with Crippen molar-refractivity contribution in [3.8, 4) is 0 Å². The Morgan fingerprint density at radius 3 is 2.68 bits per heavy atom. The molecular weight excluding hydrogens is 261 g/mol. The van der Waals surface area contributed by atoms with Gasteiger partial charge >= 0.3 is 0 Å². The topological polar surface area (TPSA) is 30.0 Å². The fraction of sp³-hybridized carbons (Fsp3) is 0.0667. The minimum Gasteiger partial charge on any atom is -0.294 e. The van der Waals surface area contributed by atoms with Gasteiger partial charge in [-0.1, -0.05) is 24.3 Å². The molecule has 0 amide bonds. The highest BCUT2D eigenvalue weighted by Crippen LogP contribution is 2.23. The van der Waals surface area contributed by atoms with Crippen LogP contribution in [0.2, 0.25) is 0 Å². The lowest BCUT2D eigenvalue weighted by Crippen LogP contribution is -2.03. The van der Waals surface area contributed by atoms with Crippen LogP contribution in [0.1, 0.15) is 15.2 Å². The van der Waals surface area contributed by atoms with Crippen molar-refractivity contribution in [2.45, 2.75) is 6.42 Å². The maximum Gasteiger partial charge on any atom is 0.168 e. The smallest absolute Gasteiger partial charge is 0.168 e. The van der Waals surface area contributed by atoms with Gasteiger partial charge in [-0.25, -0.2) is 4.39 Å². The van der Waals surface area contributed by atoms with Gasteiger partial charge in [-0.15, -0.1) is 11.3 Å². The maximum atomic E-state index is 13.7. The molecule has 0 unspecified atom stereocenters. The zero-order chi connectivity index (χ0) is 13.2. The molecule has 19 heavy (non-hydrogen) atoms. The Balaban J connectivity index is 2.05. The minimum absolute atomic E-state index is 0.0135. The van der Waals surface area contributed by atoms with Crippen LogP contribution in [0.25, 0.3) is 10.8 Å². The highest BCUT2D eigenvalue weighted by molar-refractivity contribution is 7.09. The Hall–Kier alpha value is -2.07. The van der Waals surface area contributed by atoms with Gasteiger partial charge in [0.15, 0.2) is 5.78 Å². The van der Waals surface area contributed by atoms with Crippen molar-refractivity contribution in [2.24, 2.45) is 0 Å². The molecule has 0 saturated carbocycles. The van der Waals surface area contributed by atoms with Crippen molar-refractivity contribution < 1.29 is 9.18 Å². The van der Waals surface area contributed by atoms with E-state index in [4.69, 9.17) is 0 Å². The zero-order valence-electron chi connectivity index (χ0n) is 9.97. The second-order valence-corrected chi connectivity index (χ2v) is 5.18. The molecule has 0 bridgehead atoms. The number of rotatable bonds is 3. The van der Waals surface area contributed by atoms with Gasteiger partial charge in [-0.05, 0) is 17.5 Å². The van der Waals surface area contributed by atoms with Crippen LogP contribution in [-0.4, -0.2) is 10.8 Å². The van der Waals surface area contributed by atoms with Gasteiger partial charge in [0.25, 0.3) is 0 Å². The molecule has 3 rings (SSSR count). The van der Waals surface area contributed by atoms with Crippen molar-refractivity contribution in [1.82, 2.24) is 4.98 Å². The van der Waals surface area contributed by atoms with E-state index in [0.29, 0.717) is 22.8 Å². The average Bonchev–Trinajstić information content (AvgIpc) is 2.92. The van der Waals surface area contributed by atoms with Crippen LogP contribution in [0.5, 0.6) is 0 Å². The van der Waals surface area contributed by atoms with Gasteiger partial charge in [-0.2, -0.15) is 0 Å². The van der Waals surface area contributed by atoms with Crippen molar-refractivity contribution in [2.75, 3.05) is 0 Å². The Bertz CT molecular complexity index is 737. The normalized spacial score (nSPS) is 10.8. The van der Waals surface area contributed by atoms with Crippen LogP contribution in [0.4, 0.5) is 4.39 Å². The lowest BCUT2D eigenvalue weighted by Gasteiger charge is -2.06. The first kappa shape index (κ1) is 12.0. The summed E-state index contributed by atoms with van der Waals surface area (Å²) in [6.07, 6.45) is 1.99. The molecule has 1 heterocycles. The summed E-state index contributed by atoms with van der Waals surface area (Å²) in [4.78, 5) is 17.2. The number of thiazole rings is 1. The van der Waals surface area contributed by atoms with E-state index in [-0.39, 0.29) is 11.6 Å². The predicted molar refractivity (Wildman–Crippen MR) is 74.1 cm³/mol. The van der Waals surface area contributed by atoms with E-state index < -0.39 is 0 Å². The first-order chi connectivity index (χ1) is 9.25. The van der Waals surface area contributed by atoms with Crippen molar-refractivity contribution in [3.63, 3.8) is 0 Å². The predicted octanol–water partition coefficient (Wildman–Crippen LogP) is 3.86. The van der Waals surface area contributed by atoms with E-state index in [9.17, 15) is 9.18 Å².